The maximum atomic E-state index is 12.2. The Morgan fingerprint density at radius 2 is 1.61 bits per heavy atom. The van der Waals surface area contributed by atoms with E-state index in [1.165, 1.54) is 0 Å². The van der Waals surface area contributed by atoms with Crippen LogP contribution in [-0.2, 0) is 6.42 Å². The molecule has 23 heavy (non-hydrogen) atoms. The first-order chi connectivity index (χ1) is 11.0. The number of amides is 1. The molecule has 0 spiro atoms. The van der Waals surface area contributed by atoms with Crippen molar-refractivity contribution in [1.82, 2.24) is 5.32 Å². The van der Waals surface area contributed by atoms with Crippen molar-refractivity contribution in [1.29, 1.82) is 0 Å². The lowest BCUT2D eigenvalue weighted by Gasteiger charge is -2.10. The van der Waals surface area contributed by atoms with Gasteiger partial charge in [-0.3, -0.25) is 4.79 Å². The number of nitrogens with one attached hydrogen (secondary N) is 1. The topological polar surface area (TPSA) is 47.6 Å². The maximum Gasteiger partial charge on any atom is 0.251 e. The Bertz CT molecular complexity index is 675. The number of methoxy groups -OCH3 is 2. The number of ether oxygens (including phenoxy) is 2. The van der Waals surface area contributed by atoms with Crippen molar-refractivity contribution in [2.75, 3.05) is 20.8 Å². The smallest absolute Gasteiger partial charge is 0.251 e. The van der Waals surface area contributed by atoms with E-state index in [4.69, 9.17) is 9.47 Å². The summed E-state index contributed by atoms with van der Waals surface area (Å²) >= 11 is 0. The van der Waals surface area contributed by atoms with Crippen molar-refractivity contribution in [3.05, 3.63) is 58.7 Å². The van der Waals surface area contributed by atoms with Crippen LogP contribution in [0, 0.1) is 13.8 Å². The molecule has 0 aliphatic heterocycles. The summed E-state index contributed by atoms with van der Waals surface area (Å²) in [4.78, 5) is 12.2. The van der Waals surface area contributed by atoms with Crippen LogP contribution in [0.3, 0.4) is 0 Å². The van der Waals surface area contributed by atoms with Crippen molar-refractivity contribution in [3.8, 4) is 11.5 Å². The van der Waals surface area contributed by atoms with E-state index in [1.54, 1.807) is 14.2 Å². The Morgan fingerprint density at radius 1 is 0.957 bits per heavy atom. The quantitative estimate of drug-likeness (QED) is 0.890. The molecule has 0 unspecified atom stereocenters. The zero-order chi connectivity index (χ0) is 16.8. The highest BCUT2D eigenvalue weighted by Crippen LogP contribution is 2.27. The van der Waals surface area contributed by atoms with Gasteiger partial charge in [-0.15, -0.1) is 0 Å². The molecule has 0 radical (unpaired) electrons. The Morgan fingerprint density at radius 3 is 2.22 bits per heavy atom. The molecule has 2 aromatic carbocycles. The van der Waals surface area contributed by atoms with Gasteiger partial charge in [0, 0.05) is 12.1 Å². The van der Waals surface area contributed by atoms with Crippen molar-refractivity contribution in [3.63, 3.8) is 0 Å². The molecule has 0 heterocycles. The summed E-state index contributed by atoms with van der Waals surface area (Å²) < 4.78 is 10.5. The summed E-state index contributed by atoms with van der Waals surface area (Å²) in [5.41, 5.74) is 3.98. The van der Waals surface area contributed by atoms with E-state index in [1.807, 2.05) is 44.2 Å². The van der Waals surface area contributed by atoms with Crippen LogP contribution in [0.2, 0.25) is 0 Å². The highest BCUT2D eigenvalue weighted by molar-refractivity contribution is 5.94. The molecule has 122 valence electrons. The monoisotopic (exact) mass is 313 g/mol. The van der Waals surface area contributed by atoms with Crippen LogP contribution in [-0.4, -0.2) is 26.7 Å². The lowest BCUT2D eigenvalue weighted by Crippen LogP contribution is -2.25. The molecule has 0 bridgehead atoms. The number of carbonyl (C=O) groups is 1. The van der Waals surface area contributed by atoms with E-state index in [2.05, 4.69) is 11.4 Å². The zero-order valence-corrected chi connectivity index (χ0v) is 14.1. The molecule has 0 aromatic heterocycles. The number of hydrogen-bond acceptors (Lipinski definition) is 3. The van der Waals surface area contributed by atoms with Crippen LogP contribution < -0.4 is 14.8 Å². The average molecular weight is 313 g/mol. The Labute approximate surface area is 137 Å². The van der Waals surface area contributed by atoms with Crippen molar-refractivity contribution in [2.24, 2.45) is 0 Å². The lowest BCUT2D eigenvalue weighted by atomic mass is 10.1. The van der Waals surface area contributed by atoms with Crippen LogP contribution in [0.4, 0.5) is 0 Å². The first kappa shape index (κ1) is 16.9. The summed E-state index contributed by atoms with van der Waals surface area (Å²) in [7, 11) is 3.23. The summed E-state index contributed by atoms with van der Waals surface area (Å²) in [6, 6.07) is 11.6. The Balaban J connectivity index is 1.95. The van der Waals surface area contributed by atoms with Gasteiger partial charge in [-0.1, -0.05) is 23.3 Å². The molecule has 1 N–H and O–H groups in total. The minimum atomic E-state index is -0.0442. The SMILES string of the molecule is COc1ccc(CCNC(=O)c2cc(C)cc(C)c2)cc1OC. The molecule has 4 nitrogen and oxygen atoms in total. The van der Waals surface area contributed by atoms with E-state index in [-0.39, 0.29) is 5.91 Å². The molecule has 0 saturated carbocycles. The van der Waals surface area contributed by atoms with E-state index in [9.17, 15) is 4.79 Å². The van der Waals surface area contributed by atoms with Gasteiger partial charge >= 0.3 is 0 Å². The second kappa shape index (κ2) is 7.68. The van der Waals surface area contributed by atoms with Crippen molar-refractivity contribution < 1.29 is 14.3 Å². The van der Waals surface area contributed by atoms with E-state index >= 15 is 0 Å². The van der Waals surface area contributed by atoms with E-state index in [0.29, 0.717) is 23.6 Å². The lowest BCUT2D eigenvalue weighted by molar-refractivity contribution is 0.0954. The van der Waals surface area contributed by atoms with Gasteiger partial charge in [0.2, 0.25) is 0 Å². The summed E-state index contributed by atoms with van der Waals surface area (Å²) in [5, 5.41) is 2.96. The predicted octanol–water partition coefficient (Wildman–Crippen LogP) is 3.29. The first-order valence-corrected chi connectivity index (χ1v) is 7.61. The largest absolute Gasteiger partial charge is 0.493 e. The molecule has 4 heteroatoms. The second-order valence-corrected chi connectivity index (χ2v) is 5.57. The van der Waals surface area contributed by atoms with Crippen LogP contribution in [0.5, 0.6) is 11.5 Å². The summed E-state index contributed by atoms with van der Waals surface area (Å²) in [6.07, 6.45) is 0.733. The molecular formula is C19H23NO3. The van der Waals surface area contributed by atoms with E-state index in [0.717, 1.165) is 23.1 Å². The molecule has 1 amide bonds. The number of aryl methyl sites for hydroxylation is 2. The van der Waals surface area contributed by atoms with Gasteiger partial charge < -0.3 is 14.8 Å². The Hall–Kier alpha value is -2.49. The van der Waals surface area contributed by atoms with E-state index < -0.39 is 0 Å². The highest BCUT2D eigenvalue weighted by Gasteiger charge is 2.08. The standard InChI is InChI=1S/C19H23NO3/c1-13-9-14(2)11-16(10-13)19(21)20-8-7-15-5-6-17(22-3)18(12-15)23-4/h5-6,9-12H,7-8H2,1-4H3,(H,20,21). The van der Waals surface area contributed by atoms with Gasteiger partial charge in [0.05, 0.1) is 14.2 Å². The number of rotatable bonds is 6. The molecule has 0 aliphatic rings. The minimum absolute atomic E-state index is 0.0442. The van der Waals surface area contributed by atoms with Crippen molar-refractivity contribution in [2.45, 2.75) is 20.3 Å². The fraction of sp³-hybridized carbons (Fsp3) is 0.316. The van der Waals surface area contributed by atoms with Crippen LogP contribution in [0.15, 0.2) is 36.4 Å². The zero-order valence-electron chi connectivity index (χ0n) is 14.1. The normalized spacial score (nSPS) is 10.3. The maximum absolute atomic E-state index is 12.2. The third-order valence-electron chi connectivity index (χ3n) is 3.63. The van der Waals surface area contributed by atoms with Crippen LogP contribution in [0.1, 0.15) is 27.0 Å². The van der Waals surface area contributed by atoms with Gasteiger partial charge in [-0.25, -0.2) is 0 Å². The second-order valence-electron chi connectivity index (χ2n) is 5.57. The molecule has 2 rings (SSSR count). The van der Waals surface area contributed by atoms with Gasteiger partial charge in [-0.05, 0) is 50.1 Å². The fourth-order valence-electron chi connectivity index (χ4n) is 2.56. The van der Waals surface area contributed by atoms with Gasteiger partial charge in [0.1, 0.15) is 0 Å². The molecule has 0 fully saturated rings. The predicted molar refractivity (Wildman–Crippen MR) is 91.5 cm³/mol. The van der Waals surface area contributed by atoms with Gasteiger partial charge in [0.15, 0.2) is 11.5 Å². The van der Waals surface area contributed by atoms with Gasteiger partial charge in [-0.2, -0.15) is 0 Å². The number of hydrogen-bond donors (Lipinski definition) is 1. The minimum Gasteiger partial charge on any atom is -0.493 e. The summed E-state index contributed by atoms with van der Waals surface area (Å²) in [6.45, 7) is 4.56. The summed E-state index contributed by atoms with van der Waals surface area (Å²) in [5.74, 6) is 1.36. The molecule has 0 atom stereocenters. The third kappa shape index (κ3) is 4.49. The van der Waals surface area contributed by atoms with Crippen LogP contribution >= 0.6 is 0 Å². The molecule has 2 aromatic rings. The van der Waals surface area contributed by atoms with Crippen LogP contribution in [0.25, 0.3) is 0 Å². The fourth-order valence-corrected chi connectivity index (χ4v) is 2.56. The van der Waals surface area contributed by atoms with Crippen molar-refractivity contribution >= 4 is 5.91 Å². The Kier molecular flexibility index (Phi) is 5.63. The first-order valence-electron chi connectivity index (χ1n) is 7.61. The third-order valence-corrected chi connectivity index (χ3v) is 3.63. The molecular weight excluding hydrogens is 290 g/mol. The molecule has 0 aliphatic carbocycles. The average Bonchev–Trinajstić information content (AvgIpc) is 2.53. The molecule has 0 saturated heterocycles. The number of benzene rings is 2. The van der Waals surface area contributed by atoms with Gasteiger partial charge in [0.25, 0.3) is 5.91 Å². The number of carbonyl (C=O) groups excluding carboxylic acids is 1. The highest BCUT2D eigenvalue weighted by atomic mass is 16.5.